The van der Waals surface area contributed by atoms with E-state index in [1.54, 1.807) is 33.7 Å². The van der Waals surface area contributed by atoms with Crippen LogP contribution in [0.2, 0.25) is 4.34 Å². The summed E-state index contributed by atoms with van der Waals surface area (Å²) in [5, 5.41) is 0. The minimum atomic E-state index is -0.409. The molecule has 3 rings (SSSR count). The molecule has 0 radical (unpaired) electrons. The van der Waals surface area contributed by atoms with Crippen LogP contribution in [0, 0.1) is 0 Å². The molecule has 1 aliphatic heterocycles. The fourth-order valence-corrected chi connectivity index (χ4v) is 5.02. The third-order valence-corrected chi connectivity index (χ3v) is 6.35. The van der Waals surface area contributed by atoms with Gasteiger partial charge in [-0.1, -0.05) is 29.8 Å². The maximum Gasteiger partial charge on any atom is 0.255 e. The van der Waals surface area contributed by atoms with Gasteiger partial charge in [-0.25, -0.2) is 0 Å². The van der Waals surface area contributed by atoms with Gasteiger partial charge in [0, 0.05) is 22.7 Å². The number of benzene rings is 1. The summed E-state index contributed by atoms with van der Waals surface area (Å²) in [5.74, 6) is 1.10. The Morgan fingerprint density at radius 2 is 2.00 bits per heavy atom. The number of likely N-dealkylation sites (N-methyl/N-ethyl adjacent to an activating group) is 1. The second-order valence-corrected chi connectivity index (χ2v) is 8.51. The van der Waals surface area contributed by atoms with Crippen LogP contribution in [0.15, 0.2) is 42.5 Å². The molecule has 2 amide bonds. The molecule has 2 aromatic rings. The normalized spacial score (nSPS) is 16.9. The van der Waals surface area contributed by atoms with Crippen molar-refractivity contribution in [3.63, 3.8) is 0 Å². The smallest absolute Gasteiger partial charge is 0.255 e. The van der Waals surface area contributed by atoms with Crippen molar-refractivity contribution in [3.8, 4) is 0 Å². The first kappa shape index (κ1) is 18.3. The number of thiophene rings is 1. The zero-order chi connectivity index (χ0) is 17.8. The second-order valence-electron chi connectivity index (χ2n) is 5.71. The molecular weight excluding hydrogens is 376 g/mol. The predicted octanol–water partition coefficient (Wildman–Crippen LogP) is 3.97. The van der Waals surface area contributed by atoms with Gasteiger partial charge in [-0.05, 0) is 31.2 Å². The Kier molecular flexibility index (Phi) is 6.04. The number of nitrogens with zero attached hydrogens (tertiary/aromatic N) is 2. The third kappa shape index (κ3) is 4.19. The highest BCUT2D eigenvalue weighted by atomic mass is 35.5. The number of carbonyl (C=O) groups is 2. The van der Waals surface area contributed by atoms with Crippen LogP contribution < -0.4 is 0 Å². The van der Waals surface area contributed by atoms with Crippen LogP contribution in [0.3, 0.4) is 0 Å². The molecule has 2 heterocycles. The van der Waals surface area contributed by atoms with Crippen molar-refractivity contribution >= 4 is 46.5 Å². The fourth-order valence-electron chi connectivity index (χ4n) is 2.78. The molecule has 7 heteroatoms. The van der Waals surface area contributed by atoms with Crippen LogP contribution in [0.5, 0.6) is 0 Å². The average Bonchev–Trinajstić information content (AvgIpc) is 3.28. The van der Waals surface area contributed by atoms with Crippen molar-refractivity contribution in [1.82, 2.24) is 9.80 Å². The molecule has 0 N–H and O–H groups in total. The Morgan fingerprint density at radius 1 is 1.24 bits per heavy atom. The van der Waals surface area contributed by atoms with Gasteiger partial charge in [0.2, 0.25) is 5.91 Å². The van der Waals surface area contributed by atoms with Gasteiger partial charge in [0.1, 0.15) is 6.04 Å². The van der Waals surface area contributed by atoms with Crippen molar-refractivity contribution in [2.45, 2.75) is 19.5 Å². The molecule has 25 heavy (non-hydrogen) atoms. The maximum absolute atomic E-state index is 13.0. The average molecular weight is 395 g/mol. The summed E-state index contributed by atoms with van der Waals surface area (Å²) in [5.41, 5.74) is 0.621. The summed E-state index contributed by atoms with van der Waals surface area (Å²) in [6.45, 7) is 3.09. The van der Waals surface area contributed by atoms with Crippen molar-refractivity contribution < 1.29 is 9.59 Å². The highest BCUT2D eigenvalue weighted by Gasteiger charge is 2.37. The van der Waals surface area contributed by atoms with Crippen LogP contribution in [-0.2, 0) is 11.3 Å². The number of thioether (sulfide) groups is 1. The van der Waals surface area contributed by atoms with E-state index in [1.165, 1.54) is 11.3 Å². The Balaban J connectivity index is 1.74. The van der Waals surface area contributed by atoms with Gasteiger partial charge in [-0.3, -0.25) is 9.59 Å². The van der Waals surface area contributed by atoms with Crippen LogP contribution in [0.4, 0.5) is 0 Å². The van der Waals surface area contributed by atoms with E-state index in [-0.39, 0.29) is 11.8 Å². The maximum atomic E-state index is 13.0. The van der Waals surface area contributed by atoms with Gasteiger partial charge in [0.05, 0.1) is 16.8 Å². The number of rotatable bonds is 5. The van der Waals surface area contributed by atoms with E-state index in [4.69, 9.17) is 11.6 Å². The van der Waals surface area contributed by atoms with E-state index in [2.05, 4.69) is 0 Å². The largest absolute Gasteiger partial charge is 0.336 e. The zero-order valence-corrected chi connectivity index (χ0v) is 16.2. The second kappa shape index (κ2) is 8.25. The number of carbonyl (C=O) groups excluding carboxylic acids is 2. The van der Waals surface area contributed by atoms with E-state index in [0.29, 0.717) is 30.3 Å². The summed E-state index contributed by atoms with van der Waals surface area (Å²) in [7, 11) is 0. The van der Waals surface area contributed by atoms with E-state index >= 15 is 0 Å². The molecular formula is C18H19ClN2O2S2. The van der Waals surface area contributed by atoms with Crippen LogP contribution in [0.25, 0.3) is 0 Å². The first-order chi connectivity index (χ1) is 12.1. The monoisotopic (exact) mass is 394 g/mol. The molecule has 1 atom stereocenters. The van der Waals surface area contributed by atoms with E-state index in [9.17, 15) is 9.59 Å². The van der Waals surface area contributed by atoms with Gasteiger partial charge in [-0.15, -0.1) is 23.1 Å². The molecule has 0 spiro atoms. The Labute approximate surface area is 160 Å². The van der Waals surface area contributed by atoms with Crippen LogP contribution in [-0.4, -0.2) is 45.8 Å². The van der Waals surface area contributed by atoms with E-state index < -0.39 is 6.04 Å². The fraction of sp³-hybridized carbons (Fsp3) is 0.333. The SMILES string of the molecule is CCN(Cc1ccc(Cl)s1)C(=O)C1CSCN1C(=O)c1ccccc1. The van der Waals surface area contributed by atoms with Crippen molar-refractivity contribution in [3.05, 3.63) is 57.2 Å². The molecule has 1 unspecified atom stereocenters. The minimum absolute atomic E-state index is 0.00121. The summed E-state index contributed by atoms with van der Waals surface area (Å²) < 4.78 is 0.718. The zero-order valence-electron chi connectivity index (χ0n) is 13.9. The predicted molar refractivity (Wildman–Crippen MR) is 104 cm³/mol. The van der Waals surface area contributed by atoms with Gasteiger partial charge in [-0.2, -0.15) is 0 Å². The lowest BCUT2D eigenvalue weighted by molar-refractivity contribution is -0.135. The summed E-state index contributed by atoms with van der Waals surface area (Å²) in [6, 6.07) is 12.5. The number of hydrogen-bond donors (Lipinski definition) is 0. The third-order valence-electron chi connectivity index (χ3n) is 4.12. The molecule has 0 saturated carbocycles. The highest BCUT2D eigenvalue weighted by molar-refractivity contribution is 7.99. The lowest BCUT2D eigenvalue weighted by Gasteiger charge is -2.29. The molecule has 1 aliphatic rings. The van der Waals surface area contributed by atoms with Crippen LogP contribution >= 0.6 is 34.7 Å². The molecule has 0 bridgehead atoms. The summed E-state index contributed by atoms with van der Waals surface area (Å²) in [6.07, 6.45) is 0. The number of hydrogen-bond acceptors (Lipinski definition) is 4. The number of amides is 2. The molecule has 1 fully saturated rings. The van der Waals surface area contributed by atoms with E-state index in [0.717, 1.165) is 9.21 Å². The lowest BCUT2D eigenvalue weighted by Crippen LogP contribution is -2.48. The lowest BCUT2D eigenvalue weighted by atomic mass is 10.1. The van der Waals surface area contributed by atoms with Gasteiger partial charge in [0.15, 0.2) is 0 Å². The highest BCUT2D eigenvalue weighted by Crippen LogP contribution is 2.27. The Bertz CT molecular complexity index is 751. The van der Waals surface area contributed by atoms with Crippen molar-refractivity contribution in [2.75, 3.05) is 18.2 Å². The first-order valence-corrected chi connectivity index (χ1v) is 10.4. The van der Waals surface area contributed by atoms with Crippen molar-refractivity contribution in [2.24, 2.45) is 0 Å². The standard InChI is InChI=1S/C18H19ClN2O2S2/c1-2-20(10-14-8-9-16(19)25-14)18(23)15-11-24-12-21(15)17(22)13-6-4-3-5-7-13/h3-9,15H,2,10-12H2,1H3. The van der Waals surface area contributed by atoms with Gasteiger partial charge >= 0.3 is 0 Å². The van der Waals surface area contributed by atoms with Crippen molar-refractivity contribution in [1.29, 1.82) is 0 Å². The van der Waals surface area contributed by atoms with Gasteiger partial charge < -0.3 is 9.80 Å². The Hall–Kier alpha value is -1.50. The number of halogens is 1. The molecule has 132 valence electrons. The minimum Gasteiger partial charge on any atom is -0.336 e. The molecule has 1 aromatic heterocycles. The van der Waals surface area contributed by atoms with Gasteiger partial charge in [0.25, 0.3) is 5.91 Å². The quantitative estimate of drug-likeness (QED) is 0.770. The summed E-state index contributed by atoms with van der Waals surface area (Å²) in [4.78, 5) is 30.3. The van der Waals surface area contributed by atoms with E-state index in [1.807, 2.05) is 37.3 Å². The molecule has 1 saturated heterocycles. The molecule has 0 aliphatic carbocycles. The topological polar surface area (TPSA) is 40.6 Å². The molecule has 1 aromatic carbocycles. The Morgan fingerprint density at radius 3 is 2.64 bits per heavy atom. The summed E-state index contributed by atoms with van der Waals surface area (Å²) >= 11 is 9.09. The molecule has 4 nitrogen and oxygen atoms in total. The van der Waals surface area contributed by atoms with Crippen LogP contribution in [0.1, 0.15) is 22.2 Å². The first-order valence-electron chi connectivity index (χ1n) is 8.07.